The van der Waals surface area contributed by atoms with Crippen molar-refractivity contribution >= 4 is 17.7 Å². The number of carbonyl (C=O) groups is 1. The molecule has 2 atom stereocenters. The number of amides is 1. The normalized spacial score (nSPS) is 21.9. The summed E-state index contributed by atoms with van der Waals surface area (Å²) in [5.74, 6) is 1.24. The van der Waals surface area contributed by atoms with Crippen molar-refractivity contribution in [2.45, 2.75) is 44.0 Å². The van der Waals surface area contributed by atoms with Gasteiger partial charge in [0.15, 0.2) is 0 Å². The summed E-state index contributed by atoms with van der Waals surface area (Å²) in [6.45, 7) is 3.24. The van der Waals surface area contributed by atoms with Gasteiger partial charge in [-0.3, -0.25) is 4.79 Å². The summed E-state index contributed by atoms with van der Waals surface area (Å²) < 4.78 is 0. The Hall–Kier alpha value is -1.00. The van der Waals surface area contributed by atoms with Gasteiger partial charge in [0.2, 0.25) is 5.91 Å². The Labute approximate surface area is 125 Å². The van der Waals surface area contributed by atoms with Gasteiger partial charge in [0.1, 0.15) is 0 Å². The van der Waals surface area contributed by atoms with E-state index in [-0.39, 0.29) is 5.91 Å². The van der Waals surface area contributed by atoms with E-state index in [0.29, 0.717) is 24.4 Å². The number of hydrogen-bond donors (Lipinski definition) is 2. The monoisotopic (exact) mass is 292 g/mol. The number of carbonyl (C=O) groups excluding carboxylic acids is 1. The van der Waals surface area contributed by atoms with Gasteiger partial charge in [-0.25, -0.2) is 0 Å². The molecule has 110 valence electrons. The van der Waals surface area contributed by atoms with Crippen LogP contribution in [0.1, 0.15) is 31.7 Å². The summed E-state index contributed by atoms with van der Waals surface area (Å²) in [4.78, 5) is 11.9. The minimum Gasteiger partial charge on any atom is -0.351 e. The molecule has 2 unspecified atom stereocenters. The summed E-state index contributed by atoms with van der Waals surface area (Å²) in [5, 5.41) is 7.06. The molecule has 0 saturated heterocycles. The molecule has 20 heavy (non-hydrogen) atoms. The molecule has 1 aromatic rings. The molecule has 0 radical (unpaired) electrons. The molecular weight excluding hydrogens is 268 g/mol. The van der Waals surface area contributed by atoms with E-state index in [1.807, 2.05) is 42.1 Å². The minimum atomic E-state index is 0.0843. The molecule has 1 saturated carbocycles. The lowest BCUT2D eigenvalue weighted by Crippen LogP contribution is -2.41. The van der Waals surface area contributed by atoms with Gasteiger partial charge >= 0.3 is 0 Å². The fourth-order valence-corrected chi connectivity index (χ4v) is 3.88. The molecule has 0 aliphatic heterocycles. The molecule has 0 aromatic heterocycles. The Bertz CT molecular complexity index is 410. The van der Waals surface area contributed by atoms with Crippen LogP contribution in [0.2, 0.25) is 0 Å². The molecule has 0 spiro atoms. The van der Waals surface area contributed by atoms with Crippen LogP contribution in [0.4, 0.5) is 0 Å². The number of rotatable bonds is 7. The van der Waals surface area contributed by atoms with Gasteiger partial charge in [0.05, 0.1) is 6.54 Å². The van der Waals surface area contributed by atoms with E-state index < -0.39 is 0 Å². The SMILES string of the molecule is CCSC1CCCC1NCC(=O)NCc1ccccc1. The molecule has 4 heteroatoms. The zero-order valence-electron chi connectivity index (χ0n) is 12.1. The number of hydrogen-bond acceptors (Lipinski definition) is 3. The zero-order valence-corrected chi connectivity index (χ0v) is 12.9. The van der Waals surface area contributed by atoms with Gasteiger partial charge in [-0.2, -0.15) is 11.8 Å². The van der Waals surface area contributed by atoms with Gasteiger partial charge in [0, 0.05) is 17.8 Å². The molecule has 1 aliphatic carbocycles. The summed E-state index contributed by atoms with van der Waals surface area (Å²) in [7, 11) is 0. The van der Waals surface area contributed by atoms with Crippen LogP contribution in [-0.4, -0.2) is 29.5 Å². The second-order valence-corrected chi connectivity index (χ2v) is 6.69. The molecule has 2 N–H and O–H groups in total. The maximum absolute atomic E-state index is 11.9. The molecule has 0 heterocycles. The zero-order chi connectivity index (χ0) is 14.2. The van der Waals surface area contributed by atoms with Crippen molar-refractivity contribution in [3.63, 3.8) is 0 Å². The third-order valence-corrected chi connectivity index (χ3v) is 5.02. The first kappa shape index (κ1) is 15.4. The Morgan fingerprint density at radius 2 is 2.10 bits per heavy atom. The highest BCUT2D eigenvalue weighted by Crippen LogP contribution is 2.29. The highest BCUT2D eigenvalue weighted by molar-refractivity contribution is 7.99. The van der Waals surface area contributed by atoms with E-state index in [1.54, 1.807) is 0 Å². The first-order chi connectivity index (χ1) is 9.79. The summed E-state index contributed by atoms with van der Waals surface area (Å²) >= 11 is 2.01. The van der Waals surface area contributed by atoms with Crippen molar-refractivity contribution in [1.82, 2.24) is 10.6 Å². The van der Waals surface area contributed by atoms with Crippen molar-refractivity contribution in [2.24, 2.45) is 0 Å². The number of nitrogens with one attached hydrogen (secondary N) is 2. The van der Waals surface area contributed by atoms with E-state index in [1.165, 1.54) is 19.3 Å². The molecule has 3 nitrogen and oxygen atoms in total. The van der Waals surface area contributed by atoms with Crippen molar-refractivity contribution in [1.29, 1.82) is 0 Å². The Morgan fingerprint density at radius 1 is 1.30 bits per heavy atom. The van der Waals surface area contributed by atoms with Gasteiger partial charge in [-0.1, -0.05) is 43.7 Å². The maximum atomic E-state index is 11.9. The fourth-order valence-electron chi connectivity index (χ4n) is 2.66. The van der Waals surface area contributed by atoms with Gasteiger partial charge in [-0.15, -0.1) is 0 Å². The Kier molecular flexibility index (Phi) is 6.40. The Balaban J connectivity index is 1.67. The highest BCUT2D eigenvalue weighted by atomic mass is 32.2. The van der Waals surface area contributed by atoms with Crippen LogP contribution in [0.15, 0.2) is 30.3 Å². The lowest BCUT2D eigenvalue weighted by molar-refractivity contribution is -0.120. The predicted octanol–water partition coefficient (Wildman–Crippen LogP) is 2.57. The molecule has 1 amide bonds. The van der Waals surface area contributed by atoms with E-state index in [9.17, 15) is 4.79 Å². The van der Waals surface area contributed by atoms with Crippen LogP contribution in [0.3, 0.4) is 0 Å². The smallest absolute Gasteiger partial charge is 0.234 e. The summed E-state index contributed by atoms with van der Waals surface area (Å²) in [6.07, 6.45) is 3.76. The third-order valence-electron chi connectivity index (χ3n) is 3.69. The first-order valence-corrected chi connectivity index (χ1v) is 8.50. The van der Waals surface area contributed by atoms with Gasteiger partial charge in [-0.05, 0) is 24.2 Å². The number of thioether (sulfide) groups is 1. The van der Waals surface area contributed by atoms with Crippen LogP contribution < -0.4 is 10.6 Å². The fraction of sp³-hybridized carbons (Fsp3) is 0.562. The summed E-state index contributed by atoms with van der Waals surface area (Å²) in [5.41, 5.74) is 1.14. The average Bonchev–Trinajstić information content (AvgIpc) is 2.92. The topological polar surface area (TPSA) is 41.1 Å². The molecule has 0 bridgehead atoms. The molecule has 1 fully saturated rings. The standard InChI is InChI=1S/C16H24N2OS/c1-2-20-15-10-6-9-14(15)17-12-16(19)18-11-13-7-4-3-5-8-13/h3-5,7-8,14-15,17H,2,6,9-12H2,1H3,(H,18,19). The van der Waals surface area contributed by atoms with Gasteiger partial charge < -0.3 is 10.6 Å². The quantitative estimate of drug-likeness (QED) is 0.811. The van der Waals surface area contributed by atoms with Crippen molar-refractivity contribution < 1.29 is 4.79 Å². The Morgan fingerprint density at radius 3 is 2.85 bits per heavy atom. The maximum Gasteiger partial charge on any atom is 0.234 e. The average molecular weight is 292 g/mol. The van der Waals surface area contributed by atoms with E-state index in [0.717, 1.165) is 11.3 Å². The second-order valence-electron chi connectivity index (χ2n) is 5.17. The first-order valence-electron chi connectivity index (χ1n) is 7.45. The molecule has 2 rings (SSSR count). The second kappa shape index (κ2) is 8.32. The van der Waals surface area contributed by atoms with E-state index in [2.05, 4.69) is 17.6 Å². The lowest BCUT2D eigenvalue weighted by atomic mass is 10.2. The van der Waals surface area contributed by atoms with Crippen LogP contribution in [-0.2, 0) is 11.3 Å². The van der Waals surface area contributed by atoms with Crippen LogP contribution >= 0.6 is 11.8 Å². The van der Waals surface area contributed by atoms with Crippen molar-refractivity contribution in [3.05, 3.63) is 35.9 Å². The largest absolute Gasteiger partial charge is 0.351 e. The van der Waals surface area contributed by atoms with E-state index >= 15 is 0 Å². The highest BCUT2D eigenvalue weighted by Gasteiger charge is 2.26. The van der Waals surface area contributed by atoms with Crippen LogP contribution in [0, 0.1) is 0 Å². The van der Waals surface area contributed by atoms with Crippen molar-refractivity contribution in [3.8, 4) is 0 Å². The van der Waals surface area contributed by atoms with Crippen molar-refractivity contribution in [2.75, 3.05) is 12.3 Å². The lowest BCUT2D eigenvalue weighted by Gasteiger charge is -2.19. The van der Waals surface area contributed by atoms with Gasteiger partial charge in [0.25, 0.3) is 0 Å². The predicted molar refractivity (Wildman–Crippen MR) is 85.9 cm³/mol. The molecule has 1 aromatic carbocycles. The van der Waals surface area contributed by atoms with Crippen LogP contribution in [0.5, 0.6) is 0 Å². The molecule has 1 aliphatic rings. The minimum absolute atomic E-state index is 0.0843. The van der Waals surface area contributed by atoms with Crippen LogP contribution in [0.25, 0.3) is 0 Å². The summed E-state index contributed by atoms with van der Waals surface area (Å²) in [6, 6.07) is 10.5. The third kappa shape index (κ3) is 4.84. The van der Waals surface area contributed by atoms with E-state index in [4.69, 9.17) is 0 Å². The number of benzene rings is 1. The molecular formula is C16H24N2OS.